The molecule has 20 heavy (non-hydrogen) atoms. The molecule has 108 valence electrons. The second-order valence-electron chi connectivity index (χ2n) is 4.77. The quantitative estimate of drug-likeness (QED) is 0.863. The van der Waals surface area contributed by atoms with Crippen molar-refractivity contribution in [1.29, 1.82) is 0 Å². The minimum Gasteiger partial charge on any atom is -0.306 e. The standard InChI is InChI=1S/C14H16Cl2FN3/c1-8(11-4-14(17)13(16)5-12(11)15)18-6-10-7-19-20(3)9(10)2/h4-5,7-8,18H,6H2,1-3H3. The maximum atomic E-state index is 13.5. The molecule has 1 heterocycles. The van der Waals surface area contributed by atoms with E-state index in [0.717, 1.165) is 11.3 Å². The van der Waals surface area contributed by atoms with Crippen LogP contribution in [0.3, 0.4) is 0 Å². The van der Waals surface area contributed by atoms with Crippen molar-refractivity contribution >= 4 is 23.2 Å². The summed E-state index contributed by atoms with van der Waals surface area (Å²) in [7, 11) is 1.90. The number of nitrogens with zero attached hydrogens (tertiary/aromatic N) is 2. The van der Waals surface area contributed by atoms with Crippen LogP contribution in [0.15, 0.2) is 18.3 Å². The van der Waals surface area contributed by atoms with Crippen molar-refractivity contribution in [3.63, 3.8) is 0 Å². The van der Waals surface area contributed by atoms with E-state index in [1.165, 1.54) is 12.1 Å². The molecule has 0 radical (unpaired) electrons. The summed E-state index contributed by atoms with van der Waals surface area (Å²) >= 11 is 11.8. The summed E-state index contributed by atoms with van der Waals surface area (Å²) in [5, 5.41) is 7.99. The number of rotatable bonds is 4. The third-order valence-corrected chi connectivity index (χ3v) is 4.06. The highest BCUT2D eigenvalue weighted by atomic mass is 35.5. The van der Waals surface area contributed by atoms with Gasteiger partial charge in [0, 0.05) is 35.9 Å². The Bertz CT molecular complexity index is 625. The first-order chi connectivity index (χ1) is 9.40. The maximum Gasteiger partial charge on any atom is 0.142 e. The fraction of sp³-hybridized carbons (Fsp3) is 0.357. The van der Waals surface area contributed by atoms with E-state index in [9.17, 15) is 4.39 Å². The van der Waals surface area contributed by atoms with Crippen LogP contribution < -0.4 is 5.32 Å². The van der Waals surface area contributed by atoms with Crippen LogP contribution in [0.2, 0.25) is 10.0 Å². The molecule has 0 bridgehead atoms. The van der Waals surface area contributed by atoms with Gasteiger partial charge in [0.15, 0.2) is 0 Å². The van der Waals surface area contributed by atoms with Gasteiger partial charge in [0.25, 0.3) is 0 Å². The third-order valence-electron chi connectivity index (χ3n) is 3.44. The molecule has 0 amide bonds. The number of halogens is 3. The van der Waals surface area contributed by atoms with Crippen LogP contribution in [0, 0.1) is 12.7 Å². The summed E-state index contributed by atoms with van der Waals surface area (Å²) in [4.78, 5) is 0. The summed E-state index contributed by atoms with van der Waals surface area (Å²) in [6.45, 7) is 4.57. The van der Waals surface area contributed by atoms with E-state index < -0.39 is 5.82 Å². The van der Waals surface area contributed by atoms with Crippen LogP contribution in [0.4, 0.5) is 4.39 Å². The zero-order valence-corrected chi connectivity index (χ0v) is 13.1. The molecular weight excluding hydrogens is 300 g/mol. The summed E-state index contributed by atoms with van der Waals surface area (Å²) in [5.74, 6) is -0.461. The van der Waals surface area contributed by atoms with Crippen LogP contribution >= 0.6 is 23.2 Å². The molecule has 2 aromatic rings. The largest absolute Gasteiger partial charge is 0.306 e. The zero-order valence-electron chi connectivity index (χ0n) is 11.5. The highest BCUT2D eigenvalue weighted by molar-refractivity contribution is 6.35. The van der Waals surface area contributed by atoms with Gasteiger partial charge < -0.3 is 5.32 Å². The lowest BCUT2D eigenvalue weighted by atomic mass is 10.1. The molecule has 1 atom stereocenters. The van der Waals surface area contributed by atoms with Gasteiger partial charge in [-0.15, -0.1) is 0 Å². The van der Waals surface area contributed by atoms with Crippen LogP contribution in [-0.4, -0.2) is 9.78 Å². The van der Waals surface area contributed by atoms with E-state index in [-0.39, 0.29) is 11.1 Å². The molecular formula is C14H16Cl2FN3. The number of benzene rings is 1. The number of hydrogen-bond acceptors (Lipinski definition) is 2. The van der Waals surface area contributed by atoms with E-state index in [4.69, 9.17) is 23.2 Å². The van der Waals surface area contributed by atoms with E-state index >= 15 is 0 Å². The van der Waals surface area contributed by atoms with E-state index in [1.807, 2.05) is 31.8 Å². The Morgan fingerprint density at radius 1 is 1.35 bits per heavy atom. The molecule has 1 aromatic heterocycles. The Morgan fingerprint density at radius 3 is 2.65 bits per heavy atom. The molecule has 1 aromatic carbocycles. The van der Waals surface area contributed by atoms with Crippen LogP contribution in [0.5, 0.6) is 0 Å². The molecule has 0 fully saturated rings. The molecule has 6 heteroatoms. The van der Waals surface area contributed by atoms with Gasteiger partial charge in [0.05, 0.1) is 11.2 Å². The van der Waals surface area contributed by atoms with Crippen LogP contribution in [0.1, 0.15) is 29.8 Å². The molecule has 3 nitrogen and oxygen atoms in total. The van der Waals surface area contributed by atoms with Gasteiger partial charge in [0.2, 0.25) is 0 Å². The van der Waals surface area contributed by atoms with Gasteiger partial charge in [-0.25, -0.2) is 4.39 Å². The summed E-state index contributed by atoms with van der Waals surface area (Å²) in [5.41, 5.74) is 2.89. The zero-order chi connectivity index (χ0) is 14.9. The molecule has 1 unspecified atom stereocenters. The van der Waals surface area contributed by atoms with Gasteiger partial charge in [-0.1, -0.05) is 23.2 Å². The molecule has 0 saturated carbocycles. The number of hydrogen-bond donors (Lipinski definition) is 1. The lowest BCUT2D eigenvalue weighted by Gasteiger charge is -2.16. The molecule has 1 N–H and O–H groups in total. The highest BCUT2D eigenvalue weighted by Gasteiger charge is 2.14. The van der Waals surface area contributed by atoms with Crippen molar-refractivity contribution in [2.45, 2.75) is 26.4 Å². The average molecular weight is 316 g/mol. The Labute approximate surface area is 127 Å². The molecule has 2 rings (SSSR count). The molecule has 0 aliphatic rings. The van der Waals surface area contributed by atoms with Crippen molar-refractivity contribution in [3.05, 3.63) is 51.0 Å². The lowest BCUT2D eigenvalue weighted by molar-refractivity contribution is 0.563. The predicted molar refractivity (Wildman–Crippen MR) is 79.6 cm³/mol. The molecule has 0 spiro atoms. The summed E-state index contributed by atoms with van der Waals surface area (Å²) in [6.07, 6.45) is 1.82. The first-order valence-electron chi connectivity index (χ1n) is 6.25. The maximum absolute atomic E-state index is 13.5. The Morgan fingerprint density at radius 2 is 2.05 bits per heavy atom. The molecule has 0 aliphatic carbocycles. The smallest absolute Gasteiger partial charge is 0.142 e. The van der Waals surface area contributed by atoms with Gasteiger partial charge in [-0.05, 0) is 31.5 Å². The monoisotopic (exact) mass is 315 g/mol. The fourth-order valence-corrected chi connectivity index (χ4v) is 2.51. The average Bonchev–Trinajstić information content (AvgIpc) is 2.71. The Balaban J connectivity index is 2.11. The molecule has 0 aliphatic heterocycles. The van der Waals surface area contributed by atoms with Crippen molar-refractivity contribution in [2.24, 2.45) is 7.05 Å². The summed E-state index contributed by atoms with van der Waals surface area (Å²) in [6, 6.07) is 2.72. The Hall–Kier alpha value is -1.10. The third kappa shape index (κ3) is 3.14. The predicted octanol–water partition coefficient (Wildman–Crippen LogP) is 4.03. The lowest BCUT2D eigenvalue weighted by Crippen LogP contribution is -2.19. The van der Waals surface area contributed by atoms with Crippen molar-refractivity contribution in [2.75, 3.05) is 0 Å². The van der Waals surface area contributed by atoms with Gasteiger partial charge in [0.1, 0.15) is 5.82 Å². The molecule has 0 saturated heterocycles. The van der Waals surface area contributed by atoms with Gasteiger partial charge in [-0.2, -0.15) is 5.10 Å². The van der Waals surface area contributed by atoms with E-state index in [2.05, 4.69) is 10.4 Å². The Kier molecular flexibility index (Phi) is 4.68. The first-order valence-corrected chi connectivity index (χ1v) is 7.01. The second-order valence-corrected chi connectivity index (χ2v) is 5.58. The minimum absolute atomic E-state index is 0.0362. The highest BCUT2D eigenvalue weighted by Crippen LogP contribution is 2.28. The fourth-order valence-electron chi connectivity index (χ4n) is 1.96. The minimum atomic E-state index is -0.461. The second kappa shape index (κ2) is 6.12. The van der Waals surface area contributed by atoms with Crippen LogP contribution in [0.25, 0.3) is 0 Å². The van der Waals surface area contributed by atoms with Gasteiger partial charge >= 0.3 is 0 Å². The normalized spacial score (nSPS) is 12.7. The van der Waals surface area contributed by atoms with E-state index in [1.54, 1.807) is 0 Å². The number of aryl methyl sites for hydroxylation is 1. The van der Waals surface area contributed by atoms with E-state index in [0.29, 0.717) is 17.1 Å². The number of nitrogens with one attached hydrogen (secondary N) is 1. The first kappa shape index (κ1) is 15.3. The van der Waals surface area contributed by atoms with Crippen molar-refractivity contribution < 1.29 is 4.39 Å². The SMILES string of the molecule is Cc1c(CNC(C)c2cc(F)c(Cl)cc2Cl)cnn1C. The van der Waals surface area contributed by atoms with Crippen molar-refractivity contribution in [1.82, 2.24) is 15.1 Å². The van der Waals surface area contributed by atoms with Crippen molar-refractivity contribution in [3.8, 4) is 0 Å². The number of aromatic nitrogens is 2. The topological polar surface area (TPSA) is 29.9 Å². The van der Waals surface area contributed by atoms with Crippen LogP contribution in [-0.2, 0) is 13.6 Å². The summed E-state index contributed by atoms with van der Waals surface area (Å²) < 4.78 is 15.3. The van der Waals surface area contributed by atoms with Gasteiger partial charge in [-0.3, -0.25) is 4.68 Å².